The average Bonchev–Trinajstić information content (AvgIpc) is 2.89. The van der Waals surface area contributed by atoms with E-state index in [4.69, 9.17) is 9.73 Å². The van der Waals surface area contributed by atoms with Crippen LogP contribution in [0.15, 0.2) is 58.4 Å². The van der Waals surface area contributed by atoms with Crippen molar-refractivity contribution in [3.63, 3.8) is 0 Å². The van der Waals surface area contributed by atoms with Crippen LogP contribution in [0.5, 0.6) is 5.75 Å². The lowest BCUT2D eigenvalue weighted by Gasteiger charge is -2.15. The van der Waals surface area contributed by atoms with E-state index in [9.17, 15) is 13.2 Å². The molecule has 0 saturated heterocycles. The number of benzene rings is 2. The van der Waals surface area contributed by atoms with Crippen molar-refractivity contribution in [3.8, 4) is 16.9 Å². The molecule has 1 aromatic heterocycles. The van der Waals surface area contributed by atoms with Crippen molar-refractivity contribution < 1.29 is 13.2 Å². The number of aryl methyl sites for hydroxylation is 2. The van der Waals surface area contributed by atoms with Crippen LogP contribution in [0.25, 0.3) is 11.1 Å². The number of methoxy groups -OCH3 is 1. The van der Waals surface area contributed by atoms with E-state index in [0.29, 0.717) is 5.56 Å². The first-order chi connectivity index (χ1) is 15.6. The number of ether oxygens (including phenoxy) is 1. The maximum Gasteiger partial charge on any atom is 0.250 e. The summed E-state index contributed by atoms with van der Waals surface area (Å²) in [6, 6.07) is 12.9. The lowest BCUT2D eigenvalue weighted by molar-refractivity contribution is 0.411. The first kappa shape index (κ1) is 22.9. The Hall–Kier alpha value is -3.23. The van der Waals surface area contributed by atoms with Gasteiger partial charge in [-0.15, -0.1) is 0 Å². The van der Waals surface area contributed by atoms with E-state index in [0.717, 1.165) is 44.8 Å². The minimum atomic E-state index is -3.44. The van der Waals surface area contributed by atoms with Gasteiger partial charge in [0.15, 0.2) is 0 Å². The summed E-state index contributed by atoms with van der Waals surface area (Å²) in [6.45, 7) is 3.94. The predicted molar refractivity (Wildman–Crippen MR) is 131 cm³/mol. The number of rotatable bonds is 5. The maximum absolute atomic E-state index is 12.4. The molecule has 0 spiro atoms. The van der Waals surface area contributed by atoms with Gasteiger partial charge in [0.25, 0.3) is 5.56 Å². The number of hydrogen-bond acceptors (Lipinski definition) is 5. The summed E-state index contributed by atoms with van der Waals surface area (Å²) < 4.78 is 33.8. The molecular weight excluding hydrogens is 438 g/mol. The molecule has 172 valence electrons. The fourth-order valence-electron chi connectivity index (χ4n) is 4.15. The van der Waals surface area contributed by atoms with Gasteiger partial charge in [0.05, 0.1) is 24.6 Å². The Balaban J connectivity index is 2.00. The molecule has 0 amide bonds. The van der Waals surface area contributed by atoms with Gasteiger partial charge >= 0.3 is 0 Å². The highest BCUT2D eigenvalue weighted by Gasteiger charge is 2.25. The number of nitrogens with one attached hydrogen (secondary N) is 1. The summed E-state index contributed by atoms with van der Waals surface area (Å²) in [7, 11) is 1.31. The van der Waals surface area contributed by atoms with Crippen molar-refractivity contribution in [1.29, 1.82) is 0 Å². The van der Waals surface area contributed by atoms with Gasteiger partial charge in [-0.2, -0.15) is 0 Å². The number of hydrogen-bond donors (Lipinski definition) is 1. The first-order valence-corrected chi connectivity index (χ1v) is 12.3. The fourth-order valence-corrected chi connectivity index (χ4v) is 4.91. The van der Waals surface area contributed by atoms with Crippen LogP contribution in [0.2, 0.25) is 0 Å². The first-order valence-electron chi connectivity index (χ1n) is 10.6. The van der Waals surface area contributed by atoms with Crippen molar-refractivity contribution in [2.45, 2.75) is 25.6 Å². The van der Waals surface area contributed by atoms with Crippen LogP contribution in [0.1, 0.15) is 40.8 Å². The molecule has 0 bridgehead atoms. The highest BCUT2D eigenvalue weighted by Crippen LogP contribution is 2.38. The molecule has 0 fully saturated rings. The second kappa shape index (κ2) is 8.61. The smallest absolute Gasteiger partial charge is 0.250 e. The molecule has 33 heavy (non-hydrogen) atoms. The third kappa shape index (κ3) is 4.36. The lowest BCUT2D eigenvalue weighted by atomic mass is 9.91. The molecule has 0 aliphatic carbocycles. The zero-order valence-electron chi connectivity index (χ0n) is 19.3. The van der Waals surface area contributed by atoms with Gasteiger partial charge in [-0.25, -0.2) is 13.1 Å². The number of aliphatic imine (C=N–C) groups is 1. The Morgan fingerprint density at radius 3 is 2.55 bits per heavy atom. The van der Waals surface area contributed by atoms with Crippen LogP contribution < -0.4 is 15.0 Å². The Morgan fingerprint density at radius 1 is 1.09 bits per heavy atom. The van der Waals surface area contributed by atoms with E-state index in [-0.39, 0.29) is 17.4 Å². The van der Waals surface area contributed by atoms with E-state index in [1.165, 1.54) is 11.6 Å². The topological polar surface area (TPSA) is 89.8 Å². The van der Waals surface area contributed by atoms with Crippen molar-refractivity contribution in [3.05, 3.63) is 86.8 Å². The van der Waals surface area contributed by atoms with E-state index in [2.05, 4.69) is 4.72 Å². The minimum absolute atomic E-state index is 0.119. The molecule has 4 rings (SSSR count). The molecular formula is C25H27N3O4S. The molecule has 2 aromatic carbocycles. The van der Waals surface area contributed by atoms with Crippen LogP contribution in [0, 0.1) is 6.92 Å². The zero-order chi connectivity index (χ0) is 23.9. The molecule has 2 heterocycles. The van der Waals surface area contributed by atoms with Gasteiger partial charge < -0.3 is 9.30 Å². The molecule has 1 atom stereocenters. The number of pyridine rings is 1. The normalized spacial score (nSPS) is 15.3. The Kier molecular flexibility index (Phi) is 5.99. The SMILES string of the molecule is CNS(=O)(=O)Cc1ccc2c(c1)-c1cn(C)c(=O)cc1[C@H](C)N=C2c1ccc(C)c(OC)c1. The maximum atomic E-state index is 12.4. The fraction of sp³-hybridized carbons (Fsp3) is 0.280. The summed E-state index contributed by atoms with van der Waals surface area (Å²) in [5.41, 5.74) is 6.59. The summed E-state index contributed by atoms with van der Waals surface area (Å²) >= 11 is 0. The molecule has 0 saturated carbocycles. The quantitative estimate of drug-likeness (QED) is 0.626. The minimum Gasteiger partial charge on any atom is -0.496 e. The summed E-state index contributed by atoms with van der Waals surface area (Å²) in [6.07, 6.45) is 1.80. The zero-order valence-corrected chi connectivity index (χ0v) is 20.2. The van der Waals surface area contributed by atoms with Crippen LogP contribution in [-0.4, -0.2) is 32.9 Å². The monoisotopic (exact) mass is 465 g/mol. The number of aromatic nitrogens is 1. The second-order valence-electron chi connectivity index (χ2n) is 8.27. The highest BCUT2D eigenvalue weighted by atomic mass is 32.2. The number of nitrogens with zero attached hydrogens (tertiary/aromatic N) is 2. The number of fused-ring (bicyclic) bond motifs is 3. The molecule has 7 nitrogen and oxygen atoms in total. The Labute approximate surface area is 193 Å². The largest absolute Gasteiger partial charge is 0.496 e. The van der Waals surface area contributed by atoms with Crippen molar-refractivity contribution in [1.82, 2.24) is 9.29 Å². The Morgan fingerprint density at radius 2 is 1.85 bits per heavy atom. The van der Waals surface area contributed by atoms with Crippen LogP contribution >= 0.6 is 0 Å². The second-order valence-corrected chi connectivity index (χ2v) is 10.2. The molecule has 8 heteroatoms. The lowest BCUT2D eigenvalue weighted by Crippen LogP contribution is -2.20. The van der Waals surface area contributed by atoms with Gasteiger partial charge in [0, 0.05) is 36.0 Å². The van der Waals surface area contributed by atoms with Gasteiger partial charge in [0.1, 0.15) is 5.75 Å². The third-order valence-electron chi connectivity index (χ3n) is 6.01. The van der Waals surface area contributed by atoms with Crippen molar-refractivity contribution >= 4 is 15.7 Å². The van der Waals surface area contributed by atoms with Crippen molar-refractivity contribution in [2.24, 2.45) is 12.0 Å². The van der Waals surface area contributed by atoms with E-state index in [1.54, 1.807) is 26.4 Å². The predicted octanol–water partition coefficient (Wildman–Crippen LogP) is 3.33. The van der Waals surface area contributed by atoms with E-state index >= 15 is 0 Å². The van der Waals surface area contributed by atoms with E-state index < -0.39 is 10.0 Å². The number of sulfonamides is 1. The third-order valence-corrected chi connectivity index (χ3v) is 7.35. The molecule has 3 aromatic rings. The summed E-state index contributed by atoms with van der Waals surface area (Å²) in [5.74, 6) is 0.620. The van der Waals surface area contributed by atoms with Gasteiger partial charge in [-0.05, 0) is 55.3 Å². The summed E-state index contributed by atoms with van der Waals surface area (Å²) in [4.78, 5) is 17.4. The Bertz CT molecular complexity index is 1440. The summed E-state index contributed by atoms with van der Waals surface area (Å²) in [5, 5.41) is 0. The molecule has 1 aliphatic heterocycles. The average molecular weight is 466 g/mol. The highest BCUT2D eigenvalue weighted by molar-refractivity contribution is 7.88. The molecule has 1 aliphatic rings. The standard InChI is InChI=1S/C25H27N3O4S/c1-15-6-8-18(11-23(15)32-5)25-19-9-7-17(14-33(30,31)26-3)10-21(19)22-13-28(4)24(29)12-20(22)16(2)27-25/h6-13,16,26H,14H2,1-5H3/t16-/m0/s1. The van der Waals surface area contributed by atoms with Gasteiger partial charge in [-0.1, -0.05) is 24.3 Å². The molecule has 0 radical (unpaired) electrons. The molecule has 1 N–H and O–H groups in total. The van der Waals surface area contributed by atoms with Crippen LogP contribution in [-0.2, 0) is 22.8 Å². The van der Waals surface area contributed by atoms with Crippen molar-refractivity contribution in [2.75, 3.05) is 14.2 Å². The van der Waals surface area contributed by atoms with E-state index in [1.807, 2.05) is 50.2 Å². The van der Waals surface area contributed by atoms with Crippen LogP contribution in [0.3, 0.4) is 0 Å². The van der Waals surface area contributed by atoms with Crippen LogP contribution in [0.4, 0.5) is 0 Å². The molecule has 0 unspecified atom stereocenters. The van der Waals surface area contributed by atoms with Gasteiger partial charge in [0.2, 0.25) is 10.0 Å². The van der Waals surface area contributed by atoms with Gasteiger partial charge in [-0.3, -0.25) is 9.79 Å².